The van der Waals surface area contributed by atoms with Gasteiger partial charge in [0.25, 0.3) is 5.91 Å². The lowest BCUT2D eigenvalue weighted by Gasteiger charge is -2.04. The number of anilines is 1. The summed E-state index contributed by atoms with van der Waals surface area (Å²) in [5.74, 6) is 0.582. The zero-order chi connectivity index (χ0) is 16.6. The Bertz CT molecular complexity index is 864. The molecule has 0 spiro atoms. The lowest BCUT2D eigenvalue weighted by molar-refractivity contribution is 0.101. The second-order valence-corrected chi connectivity index (χ2v) is 5.97. The van der Waals surface area contributed by atoms with E-state index in [0.717, 1.165) is 11.3 Å². The van der Waals surface area contributed by atoms with E-state index in [1.807, 2.05) is 6.07 Å². The van der Waals surface area contributed by atoms with Crippen molar-refractivity contribution in [2.45, 2.75) is 13.8 Å². The van der Waals surface area contributed by atoms with Crippen LogP contribution in [0, 0.1) is 18.3 Å². The summed E-state index contributed by atoms with van der Waals surface area (Å²) < 4.78 is 10.4. The molecule has 0 radical (unpaired) electrons. The van der Waals surface area contributed by atoms with Crippen LogP contribution in [-0.4, -0.2) is 18.5 Å². The Hall–Kier alpha value is -2.85. The van der Waals surface area contributed by atoms with E-state index in [0.29, 0.717) is 38.1 Å². The third-order valence-corrected chi connectivity index (χ3v) is 4.75. The van der Waals surface area contributed by atoms with E-state index in [-0.39, 0.29) is 18.5 Å². The molecule has 2 aromatic rings. The van der Waals surface area contributed by atoms with Gasteiger partial charge in [0.2, 0.25) is 6.79 Å². The highest BCUT2D eigenvalue weighted by Gasteiger charge is 2.21. The lowest BCUT2D eigenvalue weighted by Crippen LogP contribution is -2.11. The second kappa shape index (κ2) is 5.74. The number of fused-ring (bicyclic) bond motifs is 1. The molecule has 0 bridgehead atoms. The zero-order valence-electron chi connectivity index (χ0n) is 12.4. The number of thiophene rings is 1. The number of rotatable bonds is 3. The minimum atomic E-state index is -0.379. The highest BCUT2D eigenvalue weighted by Crippen LogP contribution is 2.35. The number of ketones is 1. The van der Waals surface area contributed by atoms with Crippen LogP contribution in [0.2, 0.25) is 0 Å². The Morgan fingerprint density at radius 2 is 2.04 bits per heavy atom. The largest absolute Gasteiger partial charge is 0.454 e. The molecule has 23 heavy (non-hydrogen) atoms. The van der Waals surface area contributed by atoms with Gasteiger partial charge in [-0.1, -0.05) is 0 Å². The summed E-state index contributed by atoms with van der Waals surface area (Å²) in [7, 11) is 0. The first-order valence-electron chi connectivity index (χ1n) is 6.76. The number of Topliss-reactive ketones (excluding diaryl/α,β-unsaturated/α-hetero) is 1. The molecule has 1 aromatic carbocycles. The lowest BCUT2D eigenvalue weighted by atomic mass is 10.1. The molecule has 0 saturated heterocycles. The topological polar surface area (TPSA) is 88.4 Å². The minimum absolute atomic E-state index is 0.130. The molecule has 1 aromatic heterocycles. The zero-order valence-corrected chi connectivity index (χ0v) is 13.2. The molecular weight excluding hydrogens is 316 g/mol. The van der Waals surface area contributed by atoms with E-state index in [1.54, 1.807) is 25.1 Å². The van der Waals surface area contributed by atoms with Crippen molar-refractivity contribution in [3.8, 4) is 17.6 Å². The van der Waals surface area contributed by atoms with Gasteiger partial charge in [-0.05, 0) is 37.6 Å². The summed E-state index contributed by atoms with van der Waals surface area (Å²) in [6, 6.07) is 6.88. The summed E-state index contributed by atoms with van der Waals surface area (Å²) in [4.78, 5) is 24.4. The average Bonchev–Trinajstić information content (AvgIpc) is 3.10. The van der Waals surface area contributed by atoms with Crippen molar-refractivity contribution in [1.82, 2.24) is 0 Å². The number of amides is 1. The molecule has 2 heterocycles. The molecule has 3 rings (SSSR count). The number of hydrogen-bond acceptors (Lipinski definition) is 6. The number of carbonyl (C=O) groups is 2. The fourth-order valence-electron chi connectivity index (χ4n) is 2.29. The van der Waals surface area contributed by atoms with Crippen molar-refractivity contribution in [2.75, 3.05) is 12.1 Å². The summed E-state index contributed by atoms with van der Waals surface area (Å²) in [5, 5.41) is 12.3. The van der Waals surface area contributed by atoms with E-state index < -0.39 is 0 Å². The van der Waals surface area contributed by atoms with Gasteiger partial charge in [-0.15, -0.1) is 11.3 Å². The number of nitrogens with one attached hydrogen (secondary N) is 1. The van der Waals surface area contributed by atoms with E-state index in [9.17, 15) is 14.9 Å². The molecule has 0 saturated carbocycles. The first kappa shape index (κ1) is 15.1. The Morgan fingerprint density at radius 3 is 2.74 bits per heavy atom. The quantitative estimate of drug-likeness (QED) is 0.875. The van der Waals surface area contributed by atoms with Gasteiger partial charge in [-0.3, -0.25) is 9.59 Å². The molecule has 0 atom stereocenters. The number of nitrogens with zero attached hydrogens (tertiary/aromatic N) is 1. The molecule has 1 aliphatic rings. The fourth-order valence-corrected chi connectivity index (χ4v) is 3.33. The number of carbonyl (C=O) groups excluding carboxylic acids is 2. The van der Waals surface area contributed by atoms with E-state index in [2.05, 4.69) is 5.32 Å². The van der Waals surface area contributed by atoms with Gasteiger partial charge < -0.3 is 14.8 Å². The van der Waals surface area contributed by atoms with Crippen molar-refractivity contribution < 1.29 is 19.1 Å². The standard InChI is InChI=1S/C16H12N2O4S/c1-8-11(6-17)16(23-14(8)9(2)19)18-15(20)10-3-4-12-13(5-10)22-7-21-12/h3-5H,7H2,1-2H3,(H,18,20). The molecule has 1 aliphatic heterocycles. The normalized spacial score (nSPS) is 11.9. The average molecular weight is 328 g/mol. The van der Waals surface area contributed by atoms with Crippen LogP contribution < -0.4 is 14.8 Å². The fraction of sp³-hybridized carbons (Fsp3) is 0.188. The number of hydrogen-bond donors (Lipinski definition) is 1. The number of nitriles is 1. The predicted molar refractivity (Wildman–Crippen MR) is 84.3 cm³/mol. The SMILES string of the molecule is CC(=O)c1sc(NC(=O)c2ccc3c(c2)OCO3)c(C#N)c1C. The first-order valence-corrected chi connectivity index (χ1v) is 7.58. The van der Waals surface area contributed by atoms with Crippen LogP contribution in [0.3, 0.4) is 0 Å². The van der Waals surface area contributed by atoms with Crippen LogP contribution in [0.15, 0.2) is 18.2 Å². The van der Waals surface area contributed by atoms with Crippen LogP contribution in [0.1, 0.15) is 38.1 Å². The summed E-state index contributed by atoms with van der Waals surface area (Å²) in [6.07, 6.45) is 0. The van der Waals surface area contributed by atoms with Crippen molar-refractivity contribution >= 4 is 28.0 Å². The molecule has 1 N–H and O–H groups in total. The van der Waals surface area contributed by atoms with Gasteiger partial charge >= 0.3 is 0 Å². The third kappa shape index (κ3) is 2.64. The molecule has 7 heteroatoms. The van der Waals surface area contributed by atoms with E-state index in [1.165, 1.54) is 6.92 Å². The van der Waals surface area contributed by atoms with Gasteiger partial charge in [-0.25, -0.2) is 0 Å². The summed E-state index contributed by atoms with van der Waals surface area (Å²) >= 11 is 1.11. The molecule has 116 valence electrons. The molecular formula is C16H12N2O4S. The van der Waals surface area contributed by atoms with Gasteiger partial charge in [0.1, 0.15) is 11.1 Å². The Labute approximate surface area is 136 Å². The second-order valence-electron chi connectivity index (χ2n) is 4.95. The molecule has 6 nitrogen and oxygen atoms in total. The van der Waals surface area contributed by atoms with Gasteiger partial charge in [0.15, 0.2) is 17.3 Å². The highest BCUT2D eigenvalue weighted by molar-refractivity contribution is 7.18. The minimum Gasteiger partial charge on any atom is -0.454 e. The molecule has 0 unspecified atom stereocenters. The third-order valence-electron chi connectivity index (χ3n) is 3.44. The van der Waals surface area contributed by atoms with Crippen LogP contribution in [-0.2, 0) is 0 Å². The van der Waals surface area contributed by atoms with Gasteiger partial charge in [0.05, 0.1) is 10.4 Å². The van der Waals surface area contributed by atoms with Crippen LogP contribution in [0.25, 0.3) is 0 Å². The van der Waals surface area contributed by atoms with Crippen LogP contribution >= 0.6 is 11.3 Å². The van der Waals surface area contributed by atoms with E-state index in [4.69, 9.17) is 9.47 Å². The highest BCUT2D eigenvalue weighted by atomic mass is 32.1. The Balaban J connectivity index is 1.90. The monoisotopic (exact) mass is 328 g/mol. The maximum atomic E-state index is 12.4. The first-order chi connectivity index (χ1) is 11.0. The van der Waals surface area contributed by atoms with E-state index >= 15 is 0 Å². The van der Waals surface area contributed by atoms with Crippen LogP contribution in [0.4, 0.5) is 5.00 Å². The summed E-state index contributed by atoms with van der Waals surface area (Å²) in [6.45, 7) is 3.26. The van der Waals surface area contributed by atoms with Crippen molar-refractivity contribution in [2.24, 2.45) is 0 Å². The predicted octanol–water partition coefficient (Wildman–Crippen LogP) is 3.11. The van der Waals surface area contributed by atoms with Gasteiger partial charge in [-0.2, -0.15) is 5.26 Å². The Kier molecular flexibility index (Phi) is 3.76. The van der Waals surface area contributed by atoms with Gasteiger partial charge in [0, 0.05) is 5.56 Å². The molecule has 1 amide bonds. The number of ether oxygens (including phenoxy) is 2. The maximum Gasteiger partial charge on any atom is 0.256 e. The summed E-state index contributed by atoms with van der Waals surface area (Å²) in [5.41, 5.74) is 1.29. The Morgan fingerprint density at radius 1 is 1.30 bits per heavy atom. The van der Waals surface area contributed by atoms with Crippen molar-refractivity contribution in [3.05, 3.63) is 39.8 Å². The number of benzene rings is 1. The van der Waals surface area contributed by atoms with Crippen molar-refractivity contribution in [1.29, 1.82) is 5.26 Å². The van der Waals surface area contributed by atoms with Crippen LogP contribution in [0.5, 0.6) is 11.5 Å². The van der Waals surface area contributed by atoms with Crippen molar-refractivity contribution in [3.63, 3.8) is 0 Å². The maximum absolute atomic E-state index is 12.4. The smallest absolute Gasteiger partial charge is 0.256 e. The molecule has 0 aliphatic carbocycles. The molecule has 0 fully saturated rings.